The maximum atomic E-state index is 11.8. The fraction of sp³-hybridized carbons (Fsp3) is 0.692. The van der Waals surface area contributed by atoms with Crippen molar-refractivity contribution in [2.75, 3.05) is 13.6 Å². The number of carbonyl (C=O) groups is 1. The summed E-state index contributed by atoms with van der Waals surface area (Å²) in [6, 6.07) is 2.32. The molecule has 0 aliphatic heterocycles. The number of nitrogens with zero attached hydrogens (tertiary/aromatic N) is 2. The number of hydrogen-bond donors (Lipinski definition) is 1. The molecule has 0 fully saturated rings. The molecule has 5 nitrogen and oxygen atoms in total. The fourth-order valence-electron chi connectivity index (χ4n) is 1.64. The zero-order valence-electron chi connectivity index (χ0n) is 11.7. The van der Waals surface area contributed by atoms with Crippen LogP contribution in [0.25, 0.3) is 0 Å². The molecule has 1 heterocycles. The van der Waals surface area contributed by atoms with Crippen molar-refractivity contribution in [3.63, 3.8) is 0 Å². The summed E-state index contributed by atoms with van der Waals surface area (Å²) in [5, 5.41) is 7.17. The van der Waals surface area contributed by atoms with Gasteiger partial charge < -0.3 is 14.7 Å². The topological polar surface area (TPSA) is 58.4 Å². The van der Waals surface area contributed by atoms with Crippen molar-refractivity contribution >= 4 is 5.91 Å². The minimum Gasteiger partial charge on any atom is -0.361 e. The molecule has 0 spiro atoms. The molecule has 0 bridgehead atoms. The molecule has 102 valence electrons. The summed E-state index contributed by atoms with van der Waals surface area (Å²) in [6.07, 6.45) is 1.42. The smallest absolute Gasteiger partial charge is 0.222 e. The minimum atomic E-state index is 0.140. The number of aryl methyl sites for hydroxylation is 1. The maximum absolute atomic E-state index is 11.8. The Morgan fingerprint density at radius 2 is 2.28 bits per heavy atom. The van der Waals surface area contributed by atoms with Crippen molar-refractivity contribution in [2.24, 2.45) is 0 Å². The van der Waals surface area contributed by atoms with Crippen LogP contribution >= 0.6 is 0 Å². The Balaban J connectivity index is 2.24. The van der Waals surface area contributed by atoms with Gasteiger partial charge in [0.15, 0.2) is 0 Å². The van der Waals surface area contributed by atoms with Gasteiger partial charge in [-0.05, 0) is 19.9 Å². The van der Waals surface area contributed by atoms with Gasteiger partial charge in [0.05, 0.1) is 6.54 Å². The van der Waals surface area contributed by atoms with Crippen molar-refractivity contribution in [3.05, 3.63) is 17.5 Å². The van der Waals surface area contributed by atoms with Crippen molar-refractivity contribution in [2.45, 2.75) is 46.2 Å². The van der Waals surface area contributed by atoms with Crippen molar-refractivity contribution in [1.82, 2.24) is 15.4 Å². The zero-order chi connectivity index (χ0) is 13.5. The average Bonchev–Trinajstić information content (AvgIpc) is 2.69. The number of carbonyl (C=O) groups excluding carboxylic acids is 1. The molecule has 0 aliphatic carbocycles. The lowest BCUT2D eigenvalue weighted by Gasteiger charge is -2.15. The van der Waals surface area contributed by atoms with E-state index in [0.717, 1.165) is 24.4 Å². The summed E-state index contributed by atoms with van der Waals surface area (Å²) in [5.41, 5.74) is 0.795. The summed E-state index contributed by atoms with van der Waals surface area (Å²) in [7, 11) is 1.79. The standard InChI is InChI=1S/C13H23N3O2/c1-10(2)14-7-5-6-13(17)16(4)9-12-8-11(3)18-15-12/h8,10,14H,5-7,9H2,1-4H3. The third-order valence-electron chi connectivity index (χ3n) is 2.62. The first-order valence-electron chi connectivity index (χ1n) is 6.38. The molecule has 0 aromatic carbocycles. The number of rotatable bonds is 7. The highest BCUT2D eigenvalue weighted by Crippen LogP contribution is 2.06. The van der Waals surface area contributed by atoms with Crippen molar-refractivity contribution in [3.8, 4) is 0 Å². The number of amides is 1. The second-order valence-corrected chi connectivity index (χ2v) is 4.89. The lowest BCUT2D eigenvalue weighted by atomic mass is 10.2. The van der Waals surface area contributed by atoms with Gasteiger partial charge in [0, 0.05) is 25.6 Å². The molecular weight excluding hydrogens is 230 g/mol. The van der Waals surface area contributed by atoms with E-state index in [9.17, 15) is 4.79 Å². The second-order valence-electron chi connectivity index (χ2n) is 4.89. The second kappa shape index (κ2) is 7.16. The van der Waals surface area contributed by atoms with Crippen LogP contribution < -0.4 is 5.32 Å². The summed E-state index contributed by atoms with van der Waals surface area (Å²) < 4.78 is 4.97. The molecule has 5 heteroatoms. The van der Waals surface area contributed by atoms with Gasteiger partial charge in [-0.3, -0.25) is 4.79 Å². The van der Waals surface area contributed by atoms with Crippen molar-refractivity contribution in [1.29, 1.82) is 0 Å². The van der Waals surface area contributed by atoms with Gasteiger partial charge in [0.1, 0.15) is 11.5 Å². The van der Waals surface area contributed by atoms with Gasteiger partial charge in [0.25, 0.3) is 0 Å². The molecule has 0 aliphatic rings. The SMILES string of the molecule is Cc1cc(CN(C)C(=O)CCCNC(C)C)no1. The maximum Gasteiger partial charge on any atom is 0.222 e. The highest BCUT2D eigenvalue weighted by molar-refractivity contribution is 5.75. The number of aromatic nitrogens is 1. The monoisotopic (exact) mass is 253 g/mol. The van der Waals surface area contributed by atoms with Gasteiger partial charge in [-0.1, -0.05) is 19.0 Å². The third-order valence-corrected chi connectivity index (χ3v) is 2.62. The average molecular weight is 253 g/mol. The van der Waals surface area contributed by atoms with E-state index in [4.69, 9.17) is 4.52 Å². The summed E-state index contributed by atoms with van der Waals surface area (Å²) in [4.78, 5) is 13.5. The van der Waals surface area contributed by atoms with Gasteiger partial charge in [-0.25, -0.2) is 0 Å². The van der Waals surface area contributed by atoms with E-state index in [0.29, 0.717) is 19.0 Å². The predicted molar refractivity (Wildman–Crippen MR) is 70.1 cm³/mol. The van der Waals surface area contributed by atoms with Gasteiger partial charge >= 0.3 is 0 Å². The first-order chi connectivity index (χ1) is 8.49. The first-order valence-corrected chi connectivity index (χ1v) is 6.38. The van der Waals surface area contributed by atoms with Crippen LogP contribution in [0, 0.1) is 6.92 Å². The Morgan fingerprint density at radius 3 is 2.83 bits per heavy atom. The van der Waals surface area contributed by atoms with E-state index in [1.165, 1.54) is 0 Å². The normalized spacial score (nSPS) is 10.9. The van der Waals surface area contributed by atoms with Crippen LogP contribution in [0.2, 0.25) is 0 Å². The van der Waals surface area contributed by atoms with E-state index in [1.807, 2.05) is 13.0 Å². The molecule has 0 unspecified atom stereocenters. The number of nitrogens with one attached hydrogen (secondary N) is 1. The molecule has 1 aromatic heterocycles. The van der Waals surface area contributed by atoms with E-state index < -0.39 is 0 Å². The van der Waals surface area contributed by atoms with Crippen LogP contribution in [0.1, 0.15) is 38.1 Å². The Labute approximate surface area is 109 Å². The molecule has 1 amide bonds. The summed E-state index contributed by atoms with van der Waals surface area (Å²) in [6.45, 7) is 7.42. The molecule has 0 saturated carbocycles. The van der Waals surface area contributed by atoms with Crippen molar-refractivity contribution < 1.29 is 9.32 Å². The van der Waals surface area contributed by atoms with Crippen LogP contribution in [0.15, 0.2) is 10.6 Å². The minimum absolute atomic E-state index is 0.140. The highest BCUT2D eigenvalue weighted by Gasteiger charge is 2.11. The molecule has 0 radical (unpaired) electrons. The Morgan fingerprint density at radius 1 is 1.56 bits per heavy atom. The van der Waals surface area contributed by atoms with Gasteiger partial charge in [0.2, 0.25) is 5.91 Å². The molecule has 1 rings (SSSR count). The number of hydrogen-bond acceptors (Lipinski definition) is 4. The van der Waals surface area contributed by atoms with Crippen LogP contribution in [0.3, 0.4) is 0 Å². The van der Waals surface area contributed by atoms with E-state index in [-0.39, 0.29) is 5.91 Å². The van der Waals surface area contributed by atoms with Crippen LogP contribution in [0.4, 0.5) is 0 Å². The highest BCUT2D eigenvalue weighted by atomic mass is 16.5. The predicted octanol–water partition coefficient (Wildman–Crippen LogP) is 1.72. The molecular formula is C13H23N3O2. The van der Waals surface area contributed by atoms with Gasteiger partial charge in [-0.2, -0.15) is 0 Å². The molecule has 0 saturated heterocycles. The molecule has 1 N–H and O–H groups in total. The fourth-order valence-corrected chi connectivity index (χ4v) is 1.64. The largest absolute Gasteiger partial charge is 0.361 e. The first kappa shape index (κ1) is 14.7. The lowest BCUT2D eigenvalue weighted by molar-refractivity contribution is -0.130. The molecule has 1 aromatic rings. The Kier molecular flexibility index (Phi) is 5.85. The van der Waals surface area contributed by atoms with E-state index in [1.54, 1.807) is 11.9 Å². The quantitative estimate of drug-likeness (QED) is 0.752. The molecule has 18 heavy (non-hydrogen) atoms. The summed E-state index contributed by atoms with van der Waals surface area (Å²) >= 11 is 0. The van der Waals surface area contributed by atoms with Crippen LogP contribution in [-0.2, 0) is 11.3 Å². The lowest BCUT2D eigenvalue weighted by Crippen LogP contribution is -2.28. The van der Waals surface area contributed by atoms with E-state index >= 15 is 0 Å². The van der Waals surface area contributed by atoms with Crippen LogP contribution in [0.5, 0.6) is 0 Å². The van der Waals surface area contributed by atoms with E-state index in [2.05, 4.69) is 24.3 Å². The zero-order valence-corrected chi connectivity index (χ0v) is 11.7. The Hall–Kier alpha value is -1.36. The third kappa shape index (κ3) is 5.31. The Bertz CT molecular complexity index is 374. The molecule has 0 atom stereocenters. The van der Waals surface area contributed by atoms with Crippen LogP contribution in [-0.4, -0.2) is 35.6 Å². The summed E-state index contributed by atoms with van der Waals surface area (Å²) in [5.74, 6) is 0.910. The van der Waals surface area contributed by atoms with Gasteiger partial charge in [-0.15, -0.1) is 0 Å².